The van der Waals surface area contributed by atoms with Crippen LogP contribution in [0, 0.1) is 10.8 Å². The van der Waals surface area contributed by atoms with Crippen LogP contribution in [0.4, 0.5) is 5.69 Å². The van der Waals surface area contributed by atoms with E-state index in [1.165, 1.54) is 11.4 Å². The van der Waals surface area contributed by atoms with E-state index in [-0.39, 0.29) is 21.9 Å². The van der Waals surface area contributed by atoms with Crippen LogP contribution in [0.5, 0.6) is 5.75 Å². The number of aromatic nitrogens is 2. The SMILES string of the molecule is CC(C)(C)Cc1ccc(N2CC[C@@H](NC(C)(C)C(C)(C)Cc3ccc(OCCNC(C)(C)C)cn3)C2)cn1. The van der Waals surface area contributed by atoms with E-state index >= 15 is 0 Å². The van der Waals surface area contributed by atoms with Crippen LogP contribution in [0.15, 0.2) is 36.7 Å². The maximum atomic E-state index is 5.87. The van der Waals surface area contributed by atoms with Crippen LogP contribution in [0.25, 0.3) is 0 Å². The van der Waals surface area contributed by atoms with E-state index in [1.807, 2.05) is 12.3 Å². The van der Waals surface area contributed by atoms with E-state index in [2.05, 4.69) is 109 Å². The fourth-order valence-corrected chi connectivity index (χ4v) is 4.94. The van der Waals surface area contributed by atoms with Crippen LogP contribution in [0.1, 0.15) is 87.0 Å². The molecule has 1 saturated heterocycles. The number of rotatable bonds is 11. The van der Waals surface area contributed by atoms with Crippen molar-refractivity contribution in [1.82, 2.24) is 20.6 Å². The molecule has 3 rings (SSSR count). The molecule has 1 fully saturated rings. The zero-order valence-electron chi connectivity index (χ0n) is 25.7. The summed E-state index contributed by atoms with van der Waals surface area (Å²) in [7, 11) is 0. The van der Waals surface area contributed by atoms with Crippen molar-refractivity contribution < 1.29 is 4.74 Å². The van der Waals surface area contributed by atoms with Gasteiger partial charge in [-0.25, -0.2) is 0 Å². The van der Waals surface area contributed by atoms with Gasteiger partial charge in [0.25, 0.3) is 0 Å². The van der Waals surface area contributed by atoms with E-state index in [0.29, 0.717) is 12.6 Å². The highest BCUT2D eigenvalue weighted by Gasteiger charge is 2.40. The Morgan fingerprint density at radius 2 is 1.53 bits per heavy atom. The molecule has 0 unspecified atom stereocenters. The third-order valence-electron chi connectivity index (χ3n) is 7.78. The van der Waals surface area contributed by atoms with Crippen molar-refractivity contribution in [3.63, 3.8) is 0 Å². The molecule has 2 aromatic heterocycles. The molecule has 212 valence electrons. The van der Waals surface area contributed by atoms with Crippen LogP contribution < -0.4 is 20.3 Å². The first-order valence-electron chi connectivity index (χ1n) is 14.3. The molecule has 0 spiro atoms. The predicted molar refractivity (Wildman–Crippen MR) is 160 cm³/mol. The minimum Gasteiger partial charge on any atom is -0.491 e. The van der Waals surface area contributed by atoms with Gasteiger partial charge in [-0.05, 0) is 89.0 Å². The second kappa shape index (κ2) is 11.9. The molecular weight excluding hydrogens is 470 g/mol. The van der Waals surface area contributed by atoms with E-state index in [4.69, 9.17) is 14.7 Å². The average Bonchev–Trinajstić information content (AvgIpc) is 3.24. The largest absolute Gasteiger partial charge is 0.491 e. The molecule has 2 N–H and O–H groups in total. The minimum absolute atomic E-state index is 0.0165. The first kappa shape index (κ1) is 30.4. The number of pyridine rings is 2. The Bertz CT molecular complexity index is 1000. The number of nitrogens with one attached hydrogen (secondary N) is 2. The quantitative estimate of drug-likeness (QED) is 0.350. The van der Waals surface area contributed by atoms with Gasteiger partial charge < -0.3 is 20.3 Å². The number of ether oxygens (including phenoxy) is 1. The Balaban J connectivity index is 1.51. The van der Waals surface area contributed by atoms with Gasteiger partial charge in [0.1, 0.15) is 12.4 Å². The van der Waals surface area contributed by atoms with Crippen molar-refractivity contribution in [2.45, 2.75) is 106 Å². The lowest BCUT2D eigenvalue weighted by atomic mass is 9.71. The highest BCUT2D eigenvalue weighted by atomic mass is 16.5. The molecule has 3 heterocycles. The fourth-order valence-electron chi connectivity index (χ4n) is 4.94. The second-order valence-corrected chi connectivity index (χ2v) is 14.5. The Morgan fingerprint density at radius 1 is 0.868 bits per heavy atom. The van der Waals surface area contributed by atoms with Gasteiger partial charge in [0, 0.05) is 48.1 Å². The van der Waals surface area contributed by atoms with E-state index < -0.39 is 0 Å². The molecule has 0 amide bonds. The van der Waals surface area contributed by atoms with Gasteiger partial charge in [-0.1, -0.05) is 34.6 Å². The summed E-state index contributed by atoms with van der Waals surface area (Å²) >= 11 is 0. The third kappa shape index (κ3) is 9.23. The Hall–Kier alpha value is -2.18. The summed E-state index contributed by atoms with van der Waals surface area (Å²) < 4.78 is 5.87. The van der Waals surface area contributed by atoms with Gasteiger partial charge in [-0.15, -0.1) is 0 Å². The molecule has 0 bridgehead atoms. The molecule has 6 heteroatoms. The lowest BCUT2D eigenvalue weighted by molar-refractivity contribution is 0.139. The first-order valence-corrected chi connectivity index (χ1v) is 14.3. The van der Waals surface area contributed by atoms with Gasteiger partial charge in [0.2, 0.25) is 0 Å². The molecule has 0 saturated carbocycles. The highest BCUT2D eigenvalue weighted by molar-refractivity contribution is 5.46. The van der Waals surface area contributed by atoms with Crippen molar-refractivity contribution in [2.24, 2.45) is 10.8 Å². The summed E-state index contributed by atoms with van der Waals surface area (Å²) in [6.45, 7) is 26.1. The summed E-state index contributed by atoms with van der Waals surface area (Å²) in [5.74, 6) is 0.826. The fraction of sp³-hybridized carbons (Fsp3) is 0.688. The van der Waals surface area contributed by atoms with Crippen molar-refractivity contribution in [3.05, 3.63) is 48.0 Å². The van der Waals surface area contributed by atoms with Crippen LogP contribution in [-0.4, -0.2) is 53.3 Å². The van der Waals surface area contributed by atoms with Crippen LogP contribution in [0.2, 0.25) is 0 Å². The normalized spacial score (nSPS) is 17.2. The number of anilines is 1. The standard InChI is InChI=1S/C32H53N5O/c1-29(2,3)19-24-11-13-27(21-33-24)37-17-15-26(23-37)36-32(9,10)31(7,8)20-25-12-14-28(22-34-25)38-18-16-35-30(4,5)6/h11-14,21-22,26,35-36H,15-20,23H2,1-10H3/t26-/m1/s1. The highest BCUT2D eigenvalue weighted by Crippen LogP contribution is 2.35. The minimum atomic E-state index is -0.0576. The summed E-state index contributed by atoms with van der Waals surface area (Å²) in [5.41, 5.74) is 3.81. The first-order chi connectivity index (χ1) is 17.5. The molecule has 1 aliphatic heterocycles. The van der Waals surface area contributed by atoms with Gasteiger partial charge in [0.15, 0.2) is 0 Å². The zero-order valence-corrected chi connectivity index (χ0v) is 25.7. The smallest absolute Gasteiger partial charge is 0.137 e. The number of hydrogen-bond acceptors (Lipinski definition) is 6. The second-order valence-electron chi connectivity index (χ2n) is 14.5. The zero-order chi connectivity index (χ0) is 28.2. The van der Waals surface area contributed by atoms with Crippen molar-refractivity contribution >= 4 is 5.69 Å². The molecule has 6 nitrogen and oxygen atoms in total. The van der Waals surface area contributed by atoms with Crippen LogP contribution >= 0.6 is 0 Å². The molecule has 0 aliphatic carbocycles. The van der Waals surface area contributed by atoms with Gasteiger partial charge >= 0.3 is 0 Å². The summed E-state index contributed by atoms with van der Waals surface area (Å²) in [5, 5.41) is 7.44. The average molecular weight is 524 g/mol. The molecular formula is C32H53N5O. The molecule has 0 aromatic carbocycles. The van der Waals surface area contributed by atoms with E-state index in [9.17, 15) is 0 Å². The summed E-state index contributed by atoms with van der Waals surface area (Å²) in [6.07, 6.45) is 6.95. The third-order valence-corrected chi connectivity index (χ3v) is 7.78. The topological polar surface area (TPSA) is 62.3 Å². The molecule has 1 atom stereocenters. The Morgan fingerprint density at radius 3 is 2.11 bits per heavy atom. The maximum Gasteiger partial charge on any atom is 0.137 e. The van der Waals surface area contributed by atoms with Crippen molar-refractivity contribution in [3.8, 4) is 5.75 Å². The van der Waals surface area contributed by atoms with Crippen LogP contribution in [-0.2, 0) is 12.8 Å². The van der Waals surface area contributed by atoms with E-state index in [0.717, 1.165) is 50.3 Å². The lowest BCUT2D eigenvalue weighted by Gasteiger charge is -2.44. The number of hydrogen-bond donors (Lipinski definition) is 2. The van der Waals surface area contributed by atoms with Crippen molar-refractivity contribution in [1.29, 1.82) is 0 Å². The molecule has 0 radical (unpaired) electrons. The Kier molecular flexibility index (Phi) is 9.52. The van der Waals surface area contributed by atoms with Crippen LogP contribution in [0.3, 0.4) is 0 Å². The molecule has 38 heavy (non-hydrogen) atoms. The van der Waals surface area contributed by atoms with Gasteiger partial charge in [-0.2, -0.15) is 0 Å². The lowest BCUT2D eigenvalue weighted by Crippen LogP contribution is -2.56. The monoisotopic (exact) mass is 523 g/mol. The summed E-state index contributed by atoms with van der Waals surface area (Å²) in [6, 6.07) is 9.04. The predicted octanol–water partition coefficient (Wildman–Crippen LogP) is 6.05. The summed E-state index contributed by atoms with van der Waals surface area (Å²) in [4.78, 5) is 11.9. The van der Waals surface area contributed by atoms with Gasteiger partial charge in [-0.3, -0.25) is 9.97 Å². The number of nitrogens with zero attached hydrogens (tertiary/aromatic N) is 3. The Labute approximate surface area is 232 Å². The van der Waals surface area contributed by atoms with Gasteiger partial charge in [0.05, 0.1) is 18.1 Å². The maximum absolute atomic E-state index is 5.87. The van der Waals surface area contributed by atoms with E-state index in [1.54, 1.807) is 0 Å². The molecule has 2 aromatic rings. The molecule has 1 aliphatic rings. The van der Waals surface area contributed by atoms with Crippen molar-refractivity contribution in [2.75, 3.05) is 31.1 Å².